The Bertz CT molecular complexity index is 543. The van der Waals surface area contributed by atoms with Crippen LogP contribution in [0.3, 0.4) is 0 Å². The maximum Gasteiger partial charge on any atom is 0.573 e. The molecule has 1 aromatic rings. The molecule has 1 aliphatic carbocycles. The van der Waals surface area contributed by atoms with Crippen molar-refractivity contribution in [2.45, 2.75) is 50.7 Å². The molecule has 1 saturated carbocycles. The zero-order valence-electron chi connectivity index (χ0n) is 11.5. The Hall–Kier alpha value is -1.46. The van der Waals surface area contributed by atoms with Crippen molar-refractivity contribution in [3.05, 3.63) is 23.8 Å². The van der Waals surface area contributed by atoms with Gasteiger partial charge in [-0.05, 0) is 56.4 Å². The minimum atomic E-state index is -4.72. The molecule has 6 heteroatoms. The number of hydrogen-bond acceptors (Lipinski definition) is 2. The van der Waals surface area contributed by atoms with Crippen molar-refractivity contribution in [3.8, 4) is 11.5 Å². The maximum absolute atomic E-state index is 13.6. The third-order valence-electron chi connectivity index (χ3n) is 4.43. The summed E-state index contributed by atoms with van der Waals surface area (Å²) in [7, 11) is 0. The van der Waals surface area contributed by atoms with Crippen LogP contribution in [-0.4, -0.2) is 18.1 Å². The van der Waals surface area contributed by atoms with Gasteiger partial charge in [-0.15, -0.1) is 13.2 Å². The van der Waals surface area contributed by atoms with E-state index in [2.05, 4.69) is 4.74 Å². The highest BCUT2D eigenvalue weighted by molar-refractivity contribution is 5.43. The first-order chi connectivity index (χ1) is 9.75. The molecule has 1 heterocycles. The van der Waals surface area contributed by atoms with Crippen LogP contribution in [0.4, 0.5) is 17.6 Å². The second kappa shape index (κ2) is 4.78. The predicted molar refractivity (Wildman–Crippen MR) is 68.1 cm³/mol. The van der Waals surface area contributed by atoms with Gasteiger partial charge in [-0.25, -0.2) is 4.39 Å². The van der Waals surface area contributed by atoms with Gasteiger partial charge in [0.05, 0.1) is 0 Å². The molecule has 0 saturated heterocycles. The van der Waals surface area contributed by atoms with Crippen LogP contribution in [-0.2, 0) is 6.42 Å². The summed E-state index contributed by atoms with van der Waals surface area (Å²) in [6, 6.07) is 4.08. The molecule has 1 aromatic carbocycles. The van der Waals surface area contributed by atoms with Crippen molar-refractivity contribution in [2.75, 3.05) is 0 Å². The van der Waals surface area contributed by atoms with Crippen LogP contribution < -0.4 is 9.47 Å². The smallest absolute Gasteiger partial charge is 0.487 e. The summed E-state index contributed by atoms with van der Waals surface area (Å²) in [6.45, 7) is 1.95. The van der Waals surface area contributed by atoms with Crippen molar-refractivity contribution >= 4 is 0 Å². The van der Waals surface area contributed by atoms with Gasteiger partial charge >= 0.3 is 6.36 Å². The van der Waals surface area contributed by atoms with E-state index in [0.29, 0.717) is 37.0 Å². The number of hydrogen-bond donors (Lipinski definition) is 0. The Morgan fingerprint density at radius 3 is 2.81 bits per heavy atom. The molecular weight excluding hydrogens is 288 g/mol. The SMILES string of the molecule is C[C@@]12CC[C@@H](F)C[C@H]1Cc1cc(OC(F)(F)F)ccc1O2. The van der Waals surface area contributed by atoms with Crippen LogP contribution >= 0.6 is 0 Å². The normalized spacial score (nSPS) is 31.9. The summed E-state index contributed by atoms with van der Waals surface area (Å²) >= 11 is 0. The van der Waals surface area contributed by atoms with Gasteiger partial charge in [0.25, 0.3) is 0 Å². The third kappa shape index (κ3) is 2.94. The number of rotatable bonds is 1. The van der Waals surface area contributed by atoms with Crippen LogP contribution in [0.2, 0.25) is 0 Å². The number of ether oxygens (including phenoxy) is 2. The number of fused-ring (bicyclic) bond motifs is 2. The van der Waals surface area contributed by atoms with E-state index >= 15 is 0 Å². The fourth-order valence-electron chi connectivity index (χ4n) is 3.29. The van der Waals surface area contributed by atoms with Gasteiger partial charge in [0.15, 0.2) is 0 Å². The molecule has 116 valence electrons. The first-order valence-corrected chi connectivity index (χ1v) is 6.97. The third-order valence-corrected chi connectivity index (χ3v) is 4.43. The number of halogens is 4. The summed E-state index contributed by atoms with van der Waals surface area (Å²) in [5.74, 6) is 0.288. The highest BCUT2D eigenvalue weighted by Crippen LogP contribution is 2.46. The molecule has 0 N–H and O–H groups in total. The molecule has 2 aliphatic rings. The highest BCUT2D eigenvalue weighted by Gasteiger charge is 2.45. The second-order valence-corrected chi connectivity index (χ2v) is 6.00. The van der Waals surface area contributed by atoms with Gasteiger partial charge in [-0.3, -0.25) is 0 Å². The lowest BCUT2D eigenvalue weighted by Gasteiger charge is -2.46. The van der Waals surface area contributed by atoms with E-state index in [0.717, 1.165) is 0 Å². The van der Waals surface area contributed by atoms with Crippen molar-refractivity contribution in [1.82, 2.24) is 0 Å². The highest BCUT2D eigenvalue weighted by atomic mass is 19.4. The zero-order chi connectivity index (χ0) is 15.3. The topological polar surface area (TPSA) is 18.5 Å². The largest absolute Gasteiger partial charge is 0.573 e. The van der Waals surface area contributed by atoms with Gasteiger partial charge in [0.1, 0.15) is 23.3 Å². The summed E-state index contributed by atoms with van der Waals surface area (Å²) < 4.78 is 60.2. The van der Waals surface area contributed by atoms with E-state index in [1.165, 1.54) is 18.2 Å². The molecule has 0 radical (unpaired) electrons. The first-order valence-electron chi connectivity index (χ1n) is 6.97. The lowest BCUT2D eigenvalue weighted by Crippen LogP contribution is -2.49. The quantitative estimate of drug-likeness (QED) is 0.715. The Morgan fingerprint density at radius 1 is 1.33 bits per heavy atom. The molecule has 0 amide bonds. The lowest BCUT2D eigenvalue weighted by atomic mass is 9.71. The lowest BCUT2D eigenvalue weighted by molar-refractivity contribution is -0.274. The van der Waals surface area contributed by atoms with Crippen molar-refractivity contribution in [2.24, 2.45) is 5.92 Å². The summed E-state index contributed by atoms with van der Waals surface area (Å²) in [5, 5.41) is 0. The van der Waals surface area contributed by atoms with E-state index in [-0.39, 0.29) is 11.7 Å². The van der Waals surface area contributed by atoms with Crippen molar-refractivity contribution in [1.29, 1.82) is 0 Å². The van der Waals surface area contributed by atoms with Gasteiger partial charge in [0, 0.05) is 5.92 Å². The number of alkyl halides is 4. The van der Waals surface area contributed by atoms with E-state index in [1.54, 1.807) is 0 Å². The van der Waals surface area contributed by atoms with E-state index in [9.17, 15) is 17.6 Å². The zero-order valence-corrected chi connectivity index (χ0v) is 11.5. The van der Waals surface area contributed by atoms with Crippen LogP contribution in [0.5, 0.6) is 11.5 Å². The monoisotopic (exact) mass is 304 g/mol. The summed E-state index contributed by atoms with van der Waals surface area (Å²) in [4.78, 5) is 0. The van der Waals surface area contributed by atoms with Crippen molar-refractivity contribution in [3.63, 3.8) is 0 Å². The Morgan fingerprint density at radius 2 is 2.10 bits per heavy atom. The molecule has 1 fully saturated rings. The van der Waals surface area contributed by atoms with Crippen LogP contribution in [0, 0.1) is 5.92 Å². The molecule has 0 unspecified atom stereocenters. The molecular formula is C15H16F4O2. The van der Waals surface area contributed by atoms with Crippen LogP contribution in [0.25, 0.3) is 0 Å². The van der Waals surface area contributed by atoms with Gasteiger partial charge < -0.3 is 9.47 Å². The minimum Gasteiger partial charge on any atom is -0.487 e. The molecule has 3 rings (SSSR count). The Balaban J connectivity index is 1.86. The van der Waals surface area contributed by atoms with Crippen LogP contribution in [0.1, 0.15) is 31.7 Å². The van der Waals surface area contributed by atoms with E-state index in [4.69, 9.17) is 4.74 Å². The standard InChI is InChI=1S/C15H16F4O2/c1-14-5-4-11(16)8-10(14)6-9-7-12(20-15(17,18)19)2-3-13(9)21-14/h2-3,7,10-11H,4-6,8H2,1H3/t10-,11-,14-/m1/s1. The average molecular weight is 304 g/mol. The summed E-state index contributed by atoms with van der Waals surface area (Å²) in [6.07, 6.45) is -3.58. The molecule has 2 nitrogen and oxygen atoms in total. The molecule has 0 bridgehead atoms. The predicted octanol–water partition coefficient (Wildman–Crippen LogP) is 4.42. The maximum atomic E-state index is 13.6. The molecule has 0 aromatic heterocycles. The van der Waals surface area contributed by atoms with Gasteiger partial charge in [-0.1, -0.05) is 0 Å². The van der Waals surface area contributed by atoms with E-state index in [1.807, 2.05) is 6.92 Å². The fraction of sp³-hybridized carbons (Fsp3) is 0.600. The molecule has 0 spiro atoms. The molecule has 21 heavy (non-hydrogen) atoms. The average Bonchev–Trinajstić information content (AvgIpc) is 2.35. The minimum absolute atomic E-state index is 0.0186. The summed E-state index contributed by atoms with van der Waals surface area (Å²) in [5.41, 5.74) is 0.218. The second-order valence-electron chi connectivity index (χ2n) is 6.00. The fourth-order valence-corrected chi connectivity index (χ4v) is 3.29. The Kier molecular flexibility index (Phi) is 3.30. The first kappa shape index (κ1) is 14.5. The van der Waals surface area contributed by atoms with E-state index < -0.39 is 18.1 Å². The van der Waals surface area contributed by atoms with Gasteiger partial charge in [-0.2, -0.15) is 0 Å². The molecule has 1 aliphatic heterocycles. The van der Waals surface area contributed by atoms with Crippen molar-refractivity contribution < 1.29 is 27.0 Å². The Labute approximate surface area is 120 Å². The molecule has 3 atom stereocenters. The number of benzene rings is 1. The van der Waals surface area contributed by atoms with Gasteiger partial charge in [0.2, 0.25) is 0 Å². The van der Waals surface area contributed by atoms with Crippen LogP contribution in [0.15, 0.2) is 18.2 Å².